The van der Waals surface area contributed by atoms with Crippen LogP contribution in [0.2, 0.25) is 0 Å². The van der Waals surface area contributed by atoms with E-state index in [1.54, 1.807) is 0 Å². The van der Waals surface area contributed by atoms with Gasteiger partial charge >= 0.3 is 5.97 Å². The number of carbonyl (C=O) groups is 1. The van der Waals surface area contributed by atoms with Crippen LogP contribution in [0.5, 0.6) is 0 Å². The Balaban J connectivity index is 2.66. The van der Waals surface area contributed by atoms with Crippen molar-refractivity contribution in [3.63, 3.8) is 0 Å². The van der Waals surface area contributed by atoms with Gasteiger partial charge in [-0.1, -0.05) is 20.8 Å². The smallest absolute Gasteiger partial charge is 0.309 e. The fourth-order valence-electron chi connectivity index (χ4n) is 2.63. The van der Waals surface area contributed by atoms with Crippen molar-refractivity contribution in [1.82, 2.24) is 0 Å². The summed E-state index contributed by atoms with van der Waals surface area (Å²) in [5.74, 6) is 1.80. The van der Waals surface area contributed by atoms with Gasteiger partial charge in [-0.15, -0.1) is 0 Å². The summed E-state index contributed by atoms with van der Waals surface area (Å²) in [5.41, 5.74) is 0. The van der Waals surface area contributed by atoms with E-state index < -0.39 is 0 Å². The van der Waals surface area contributed by atoms with Gasteiger partial charge in [0.1, 0.15) is 0 Å². The highest BCUT2D eigenvalue weighted by Crippen LogP contribution is 2.41. The summed E-state index contributed by atoms with van der Waals surface area (Å²) in [4.78, 5) is 11.7. The van der Waals surface area contributed by atoms with Crippen LogP contribution in [-0.2, 0) is 9.53 Å². The Morgan fingerprint density at radius 3 is 2.57 bits per heavy atom. The van der Waals surface area contributed by atoms with Crippen LogP contribution in [0.25, 0.3) is 0 Å². The largest absolute Gasteiger partial charge is 0.466 e. The summed E-state index contributed by atoms with van der Waals surface area (Å²) in [7, 11) is 0. The van der Waals surface area contributed by atoms with E-state index >= 15 is 0 Å². The summed E-state index contributed by atoms with van der Waals surface area (Å²) < 4.78 is 5.14. The predicted molar refractivity (Wildman–Crippen MR) is 56.8 cm³/mol. The minimum absolute atomic E-state index is 0.0243. The summed E-state index contributed by atoms with van der Waals surface area (Å²) >= 11 is 0. The lowest BCUT2D eigenvalue weighted by atomic mass is 9.83. The lowest BCUT2D eigenvalue weighted by Crippen LogP contribution is -2.28. The molecule has 0 aromatic carbocycles. The minimum Gasteiger partial charge on any atom is -0.466 e. The third-order valence-corrected chi connectivity index (χ3v) is 3.44. The second-order valence-electron chi connectivity index (χ2n) is 4.74. The van der Waals surface area contributed by atoms with Gasteiger partial charge in [0, 0.05) is 0 Å². The van der Waals surface area contributed by atoms with Crippen LogP contribution in [0.4, 0.5) is 0 Å². The lowest BCUT2D eigenvalue weighted by molar-refractivity contribution is -0.151. The maximum absolute atomic E-state index is 11.7. The molecule has 2 heteroatoms. The number of esters is 1. The summed E-state index contributed by atoms with van der Waals surface area (Å²) in [6.07, 6.45) is 2.36. The first kappa shape index (κ1) is 11.5. The Morgan fingerprint density at radius 1 is 1.43 bits per heavy atom. The molecular weight excluding hydrogens is 176 g/mol. The Hall–Kier alpha value is -0.530. The highest BCUT2D eigenvalue weighted by molar-refractivity contribution is 5.73. The number of hydrogen-bond acceptors (Lipinski definition) is 2. The third-order valence-electron chi connectivity index (χ3n) is 3.44. The van der Waals surface area contributed by atoms with Gasteiger partial charge in [-0.05, 0) is 37.5 Å². The summed E-state index contributed by atoms with van der Waals surface area (Å²) in [5, 5.41) is 0. The van der Waals surface area contributed by atoms with E-state index in [-0.39, 0.29) is 11.9 Å². The van der Waals surface area contributed by atoms with Gasteiger partial charge in [0.15, 0.2) is 0 Å². The second-order valence-corrected chi connectivity index (χ2v) is 4.74. The van der Waals surface area contributed by atoms with E-state index in [9.17, 15) is 4.79 Å². The molecule has 14 heavy (non-hydrogen) atoms. The highest BCUT2D eigenvalue weighted by atomic mass is 16.5. The Morgan fingerprint density at radius 2 is 2.07 bits per heavy atom. The fraction of sp³-hybridized carbons (Fsp3) is 0.917. The molecule has 1 fully saturated rings. The molecule has 82 valence electrons. The maximum atomic E-state index is 11.7. The van der Waals surface area contributed by atoms with Gasteiger partial charge in [-0.25, -0.2) is 0 Å². The summed E-state index contributed by atoms with van der Waals surface area (Å²) in [6, 6.07) is 0. The average Bonchev–Trinajstić information content (AvgIpc) is 2.47. The van der Waals surface area contributed by atoms with Crippen LogP contribution in [0.3, 0.4) is 0 Å². The van der Waals surface area contributed by atoms with Crippen LogP contribution in [0.15, 0.2) is 0 Å². The van der Waals surface area contributed by atoms with E-state index in [1.807, 2.05) is 6.92 Å². The number of ether oxygens (including phenoxy) is 1. The molecule has 2 nitrogen and oxygen atoms in total. The van der Waals surface area contributed by atoms with Gasteiger partial charge in [-0.3, -0.25) is 4.79 Å². The predicted octanol–water partition coefficient (Wildman–Crippen LogP) is 2.87. The first-order valence-electron chi connectivity index (χ1n) is 5.74. The van der Waals surface area contributed by atoms with Gasteiger partial charge in [-0.2, -0.15) is 0 Å². The van der Waals surface area contributed by atoms with Crippen molar-refractivity contribution in [2.75, 3.05) is 6.61 Å². The SMILES string of the molecule is CCOC(=O)C1C(C(C)C)CC[C@H]1C. The fourth-order valence-corrected chi connectivity index (χ4v) is 2.63. The van der Waals surface area contributed by atoms with Crippen molar-refractivity contribution < 1.29 is 9.53 Å². The molecule has 1 aliphatic carbocycles. The van der Waals surface area contributed by atoms with Gasteiger partial charge in [0.05, 0.1) is 12.5 Å². The molecule has 1 aliphatic rings. The first-order chi connectivity index (χ1) is 6.57. The Kier molecular flexibility index (Phi) is 3.97. The number of hydrogen-bond donors (Lipinski definition) is 0. The standard InChI is InChI=1S/C12H22O2/c1-5-14-12(13)11-9(4)6-7-10(11)8(2)3/h8-11H,5-7H2,1-4H3/t9-,10?,11?/m1/s1. The molecule has 0 heterocycles. The molecule has 0 aromatic rings. The topological polar surface area (TPSA) is 26.3 Å². The van der Waals surface area contributed by atoms with Gasteiger partial charge in [0.25, 0.3) is 0 Å². The van der Waals surface area contributed by atoms with E-state index in [0.29, 0.717) is 24.4 Å². The zero-order chi connectivity index (χ0) is 10.7. The molecule has 0 bridgehead atoms. The molecule has 3 atom stereocenters. The molecule has 1 saturated carbocycles. The molecule has 1 rings (SSSR count). The van der Waals surface area contributed by atoms with E-state index in [4.69, 9.17) is 4.74 Å². The molecule has 0 N–H and O–H groups in total. The van der Waals surface area contributed by atoms with Crippen molar-refractivity contribution >= 4 is 5.97 Å². The summed E-state index contributed by atoms with van der Waals surface area (Å²) in [6.45, 7) is 8.96. The molecule has 2 unspecified atom stereocenters. The monoisotopic (exact) mass is 198 g/mol. The maximum Gasteiger partial charge on any atom is 0.309 e. The van der Waals surface area contributed by atoms with Crippen molar-refractivity contribution in [3.05, 3.63) is 0 Å². The molecule has 0 spiro atoms. The normalized spacial score (nSPS) is 32.2. The Labute approximate surface area is 87.0 Å². The van der Waals surface area contributed by atoms with E-state index in [0.717, 1.165) is 0 Å². The molecule has 0 aliphatic heterocycles. The van der Waals surface area contributed by atoms with Gasteiger partial charge in [0.2, 0.25) is 0 Å². The van der Waals surface area contributed by atoms with E-state index in [1.165, 1.54) is 12.8 Å². The van der Waals surface area contributed by atoms with Crippen molar-refractivity contribution in [1.29, 1.82) is 0 Å². The molecule has 0 radical (unpaired) electrons. The quantitative estimate of drug-likeness (QED) is 0.652. The highest BCUT2D eigenvalue weighted by Gasteiger charge is 2.40. The van der Waals surface area contributed by atoms with Crippen LogP contribution in [-0.4, -0.2) is 12.6 Å². The van der Waals surface area contributed by atoms with Gasteiger partial charge < -0.3 is 4.74 Å². The lowest BCUT2D eigenvalue weighted by Gasteiger charge is -2.23. The van der Waals surface area contributed by atoms with Crippen molar-refractivity contribution in [2.45, 2.75) is 40.5 Å². The van der Waals surface area contributed by atoms with Crippen molar-refractivity contribution in [3.8, 4) is 0 Å². The van der Waals surface area contributed by atoms with Crippen LogP contribution in [0, 0.1) is 23.7 Å². The van der Waals surface area contributed by atoms with Crippen LogP contribution in [0.1, 0.15) is 40.5 Å². The molecular formula is C12H22O2. The minimum atomic E-state index is 0.0243. The first-order valence-corrected chi connectivity index (χ1v) is 5.74. The Bertz CT molecular complexity index is 198. The van der Waals surface area contributed by atoms with Crippen molar-refractivity contribution in [2.24, 2.45) is 23.7 Å². The third kappa shape index (κ3) is 2.28. The average molecular weight is 198 g/mol. The number of rotatable bonds is 3. The van der Waals surface area contributed by atoms with Crippen LogP contribution >= 0.6 is 0 Å². The van der Waals surface area contributed by atoms with Crippen LogP contribution < -0.4 is 0 Å². The molecule has 0 saturated heterocycles. The zero-order valence-electron chi connectivity index (χ0n) is 9.75. The molecule has 0 amide bonds. The second kappa shape index (κ2) is 4.81. The van der Waals surface area contributed by atoms with E-state index in [2.05, 4.69) is 20.8 Å². The molecule has 0 aromatic heterocycles. The zero-order valence-corrected chi connectivity index (χ0v) is 9.75. The number of carbonyl (C=O) groups excluding carboxylic acids is 1.